The molecule has 1 fully saturated rings. The van der Waals surface area contributed by atoms with Crippen molar-refractivity contribution >= 4 is 17.7 Å². The molecule has 0 N–H and O–H groups in total. The van der Waals surface area contributed by atoms with Crippen LogP contribution >= 0.6 is 0 Å². The molecule has 0 atom stereocenters. The maximum atomic E-state index is 13.0. The average molecular weight is 447 g/mol. The Morgan fingerprint density at radius 3 is 2.52 bits per heavy atom. The predicted molar refractivity (Wildman–Crippen MR) is 123 cm³/mol. The second-order valence-corrected chi connectivity index (χ2v) is 7.58. The molecule has 0 radical (unpaired) electrons. The molecule has 1 aliphatic rings. The number of hydrogen-bond donors (Lipinski definition) is 0. The highest BCUT2D eigenvalue weighted by atomic mass is 16.5. The Hall–Kier alpha value is -3.94. The lowest BCUT2D eigenvalue weighted by atomic mass is 10.1. The van der Waals surface area contributed by atoms with Gasteiger partial charge in [-0.3, -0.25) is 9.78 Å². The summed E-state index contributed by atoms with van der Waals surface area (Å²) in [5.74, 6) is 1.03. The van der Waals surface area contributed by atoms with E-state index >= 15 is 0 Å². The van der Waals surface area contributed by atoms with E-state index in [0.29, 0.717) is 56.3 Å². The van der Waals surface area contributed by atoms with Crippen molar-refractivity contribution in [3.63, 3.8) is 0 Å². The standard InChI is InChI=1S/C25H26N4O4/c1-2-32-25(31)21-8-9-23(27-17-21)28-11-13-29(14-12-28)24(30)20-6-3-7-22(15-20)33-18-19-5-4-10-26-16-19/h3-10,15-17H,2,11-14,18H2,1H3. The first-order valence-corrected chi connectivity index (χ1v) is 10.9. The van der Waals surface area contributed by atoms with Gasteiger partial charge in [0, 0.05) is 55.9 Å². The van der Waals surface area contributed by atoms with E-state index in [9.17, 15) is 9.59 Å². The fourth-order valence-electron chi connectivity index (χ4n) is 3.60. The molecule has 170 valence electrons. The number of ether oxygens (including phenoxy) is 2. The fourth-order valence-corrected chi connectivity index (χ4v) is 3.60. The Kier molecular flexibility index (Phi) is 7.14. The molecule has 0 unspecified atom stereocenters. The summed E-state index contributed by atoms with van der Waals surface area (Å²) < 4.78 is 10.8. The predicted octanol–water partition coefficient (Wildman–Crippen LogP) is 3.19. The van der Waals surface area contributed by atoms with Gasteiger partial charge in [-0.15, -0.1) is 0 Å². The Morgan fingerprint density at radius 1 is 0.970 bits per heavy atom. The summed E-state index contributed by atoms with van der Waals surface area (Å²) in [5.41, 5.74) is 2.00. The van der Waals surface area contributed by atoms with Crippen molar-refractivity contribution < 1.29 is 19.1 Å². The Labute approximate surface area is 192 Å². The van der Waals surface area contributed by atoms with E-state index in [1.807, 2.05) is 35.2 Å². The first-order chi connectivity index (χ1) is 16.1. The zero-order valence-corrected chi connectivity index (χ0v) is 18.5. The van der Waals surface area contributed by atoms with Crippen LogP contribution in [-0.2, 0) is 11.3 Å². The summed E-state index contributed by atoms with van der Waals surface area (Å²) >= 11 is 0. The van der Waals surface area contributed by atoms with Gasteiger partial charge in [-0.05, 0) is 43.3 Å². The second kappa shape index (κ2) is 10.6. The van der Waals surface area contributed by atoms with E-state index in [0.717, 1.165) is 11.4 Å². The lowest BCUT2D eigenvalue weighted by Gasteiger charge is -2.35. The van der Waals surface area contributed by atoms with E-state index in [1.165, 1.54) is 6.20 Å². The minimum absolute atomic E-state index is 0.0212. The van der Waals surface area contributed by atoms with Gasteiger partial charge in [0.05, 0.1) is 12.2 Å². The summed E-state index contributed by atoms with van der Waals surface area (Å²) in [4.78, 5) is 37.2. The van der Waals surface area contributed by atoms with Gasteiger partial charge in [-0.1, -0.05) is 12.1 Å². The topological polar surface area (TPSA) is 84.9 Å². The van der Waals surface area contributed by atoms with Crippen molar-refractivity contribution in [2.24, 2.45) is 0 Å². The number of piperazine rings is 1. The maximum Gasteiger partial charge on any atom is 0.339 e. The summed E-state index contributed by atoms with van der Waals surface area (Å²) in [6.07, 6.45) is 5.01. The number of esters is 1. The summed E-state index contributed by atoms with van der Waals surface area (Å²) in [7, 11) is 0. The first kappa shape index (κ1) is 22.3. The van der Waals surface area contributed by atoms with Gasteiger partial charge in [-0.2, -0.15) is 0 Å². The molecular formula is C25H26N4O4. The third-order valence-corrected chi connectivity index (χ3v) is 5.36. The Balaban J connectivity index is 1.32. The molecule has 1 amide bonds. The highest BCUT2D eigenvalue weighted by Gasteiger charge is 2.23. The Bertz CT molecular complexity index is 1080. The van der Waals surface area contributed by atoms with E-state index in [2.05, 4.69) is 14.9 Å². The van der Waals surface area contributed by atoms with Gasteiger partial charge in [0.25, 0.3) is 5.91 Å². The molecule has 0 spiro atoms. The van der Waals surface area contributed by atoms with E-state index in [1.54, 1.807) is 37.5 Å². The van der Waals surface area contributed by atoms with Gasteiger partial charge < -0.3 is 19.3 Å². The maximum absolute atomic E-state index is 13.0. The third kappa shape index (κ3) is 5.65. The van der Waals surface area contributed by atoms with E-state index in [-0.39, 0.29) is 11.9 Å². The molecule has 3 heterocycles. The van der Waals surface area contributed by atoms with Crippen LogP contribution in [0.2, 0.25) is 0 Å². The molecule has 1 aromatic carbocycles. The van der Waals surface area contributed by atoms with Crippen molar-refractivity contribution in [1.82, 2.24) is 14.9 Å². The summed E-state index contributed by atoms with van der Waals surface area (Å²) in [6, 6.07) is 14.6. The van der Waals surface area contributed by atoms with Crippen molar-refractivity contribution in [3.8, 4) is 5.75 Å². The average Bonchev–Trinajstić information content (AvgIpc) is 2.88. The second-order valence-electron chi connectivity index (χ2n) is 7.58. The van der Waals surface area contributed by atoms with Gasteiger partial charge in [0.2, 0.25) is 0 Å². The minimum atomic E-state index is -0.376. The van der Waals surface area contributed by atoms with E-state index in [4.69, 9.17) is 9.47 Å². The highest BCUT2D eigenvalue weighted by Crippen LogP contribution is 2.19. The zero-order chi connectivity index (χ0) is 23.0. The monoisotopic (exact) mass is 446 g/mol. The molecule has 33 heavy (non-hydrogen) atoms. The lowest BCUT2D eigenvalue weighted by Crippen LogP contribution is -2.49. The van der Waals surface area contributed by atoms with Gasteiger partial charge in [0.15, 0.2) is 0 Å². The Morgan fingerprint density at radius 2 is 1.82 bits per heavy atom. The molecule has 2 aromatic heterocycles. The van der Waals surface area contributed by atoms with Crippen LogP contribution in [0.25, 0.3) is 0 Å². The molecule has 1 saturated heterocycles. The number of hydrogen-bond acceptors (Lipinski definition) is 7. The van der Waals surface area contributed by atoms with Crippen LogP contribution < -0.4 is 9.64 Å². The van der Waals surface area contributed by atoms with Crippen LogP contribution in [0.1, 0.15) is 33.2 Å². The molecule has 3 aromatic rings. The molecule has 0 bridgehead atoms. The number of aromatic nitrogens is 2. The number of amides is 1. The van der Waals surface area contributed by atoms with Gasteiger partial charge in [-0.25, -0.2) is 9.78 Å². The molecule has 1 aliphatic heterocycles. The van der Waals surface area contributed by atoms with Crippen molar-refractivity contribution in [1.29, 1.82) is 0 Å². The van der Waals surface area contributed by atoms with Gasteiger partial charge in [0.1, 0.15) is 18.2 Å². The number of carbonyl (C=O) groups excluding carboxylic acids is 2. The first-order valence-electron chi connectivity index (χ1n) is 10.9. The minimum Gasteiger partial charge on any atom is -0.489 e. The van der Waals surface area contributed by atoms with Crippen molar-refractivity contribution in [2.75, 3.05) is 37.7 Å². The number of rotatable bonds is 7. The molecule has 8 nitrogen and oxygen atoms in total. The SMILES string of the molecule is CCOC(=O)c1ccc(N2CCN(C(=O)c3cccc(OCc4cccnc4)c3)CC2)nc1. The van der Waals surface area contributed by atoms with E-state index < -0.39 is 0 Å². The molecule has 4 rings (SSSR count). The summed E-state index contributed by atoms with van der Waals surface area (Å²) in [6.45, 7) is 4.99. The van der Waals surface area contributed by atoms with Gasteiger partial charge >= 0.3 is 5.97 Å². The quantitative estimate of drug-likeness (QED) is 0.515. The number of anilines is 1. The van der Waals surface area contributed by atoms with Crippen LogP contribution in [0.5, 0.6) is 5.75 Å². The largest absolute Gasteiger partial charge is 0.489 e. The van der Waals surface area contributed by atoms with Crippen LogP contribution in [0, 0.1) is 0 Å². The molecular weight excluding hydrogens is 420 g/mol. The smallest absolute Gasteiger partial charge is 0.339 e. The molecule has 8 heteroatoms. The number of benzene rings is 1. The fraction of sp³-hybridized carbons (Fsp3) is 0.280. The third-order valence-electron chi connectivity index (χ3n) is 5.36. The highest BCUT2D eigenvalue weighted by molar-refractivity contribution is 5.94. The van der Waals surface area contributed by atoms with Crippen LogP contribution in [0.4, 0.5) is 5.82 Å². The molecule has 0 aliphatic carbocycles. The number of pyridine rings is 2. The number of nitrogens with zero attached hydrogens (tertiary/aromatic N) is 4. The van der Waals surface area contributed by atoms with Crippen LogP contribution in [-0.4, -0.2) is 59.5 Å². The summed E-state index contributed by atoms with van der Waals surface area (Å²) in [5, 5.41) is 0. The molecule has 0 saturated carbocycles. The lowest BCUT2D eigenvalue weighted by molar-refractivity contribution is 0.0525. The van der Waals surface area contributed by atoms with Crippen LogP contribution in [0.15, 0.2) is 67.1 Å². The normalized spacial score (nSPS) is 13.5. The van der Waals surface area contributed by atoms with Crippen molar-refractivity contribution in [3.05, 3.63) is 83.8 Å². The number of carbonyl (C=O) groups is 2. The zero-order valence-electron chi connectivity index (χ0n) is 18.5. The van der Waals surface area contributed by atoms with Crippen molar-refractivity contribution in [2.45, 2.75) is 13.5 Å². The van der Waals surface area contributed by atoms with Crippen LogP contribution in [0.3, 0.4) is 0 Å².